The fourth-order valence-electron chi connectivity index (χ4n) is 1.61. The Labute approximate surface area is 109 Å². The third-order valence-electron chi connectivity index (χ3n) is 2.68. The Bertz CT molecular complexity index is 208. The number of unbranched alkanes of at least 4 members (excludes halogenated alkanes) is 7. The van der Waals surface area contributed by atoms with Gasteiger partial charge in [0, 0.05) is 0 Å². The van der Waals surface area contributed by atoms with E-state index in [1.807, 2.05) is 0 Å². The van der Waals surface area contributed by atoms with Crippen LogP contribution in [0, 0.1) is 6.92 Å². The molecule has 0 heteroatoms. The molecule has 0 aliphatic heterocycles. The van der Waals surface area contributed by atoms with Crippen LogP contribution in [0.2, 0.25) is 0 Å². The molecule has 17 heavy (non-hydrogen) atoms. The summed E-state index contributed by atoms with van der Waals surface area (Å²) in [5, 5.41) is 0. The van der Waals surface area contributed by atoms with Gasteiger partial charge < -0.3 is 0 Å². The predicted molar refractivity (Wildman–Crippen MR) is 80.0 cm³/mol. The minimum absolute atomic E-state index is 1.09. The first-order valence-electron chi connectivity index (χ1n) is 7.19. The van der Waals surface area contributed by atoms with Gasteiger partial charge in [0.1, 0.15) is 0 Å². The first kappa shape index (κ1) is 16.2. The fraction of sp³-hybridized carbons (Fsp3) is 0.588. The zero-order valence-corrected chi connectivity index (χ0v) is 11.5. The van der Waals surface area contributed by atoms with Crippen molar-refractivity contribution in [3.8, 4) is 0 Å². The Morgan fingerprint density at radius 3 is 1.94 bits per heavy atom. The zero-order chi connectivity index (χ0) is 12.6. The molecular formula is C17H29. The molecule has 0 atom stereocenters. The summed E-state index contributed by atoms with van der Waals surface area (Å²) < 4.78 is 0. The van der Waals surface area contributed by atoms with Crippen molar-refractivity contribution in [2.75, 3.05) is 0 Å². The fourth-order valence-corrected chi connectivity index (χ4v) is 1.61. The maximum absolute atomic E-state index is 3.86. The Morgan fingerprint density at radius 2 is 1.29 bits per heavy atom. The van der Waals surface area contributed by atoms with Crippen LogP contribution in [0.3, 0.4) is 0 Å². The molecule has 1 radical (unpaired) electrons. The van der Waals surface area contributed by atoms with Crippen molar-refractivity contribution < 1.29 is 0 Å². The van der Waals surface area contributed by atoms with Crippen LogP contribution in [-0.4, -0.2) is 0 Å². The zero-order valence-electron chi connectivity index (χ0n) is 11.5. The van der Waals surface area contributed by atoms with Gasteiger partial charge in [0.15, 0.2) is 0 Å². The van der Waals surface area contributed by atoms with Gasteiger partial charge >= 0.3 is 0 Å². The molecule has 0 aliphatic rings. The molecular weight excluding hydrogens is 204 g/mol. The molecule has 0 saturated carbocycles. The second-order valence-corrected chi connectivity index (χ2v) is 4.44. The second-order valence-electron chi connectivity index (χ2n) is 4.44. The van der Waals surface area contributed by atoms with Crippen LogP contribution >= 0.6 is 0 Å². The lowest BCUT2D eigenvalue weighted by Gasteiger charge is -1.97. The molecule has 0 saturated heterocycles. The molecule has 0 rings (SSSR count). The van der Waals surface area contributed by atoms with Gasteiger partial charge in [-0.3, -0.25) is 0 Å². The first-order valence-corrected chi connectivity index (χ1v) is 7.19. The summed E-state index contributed by atoms with van der Waals surface area (Å²) in [6, 6.07) is 0. The van der Waals surface area contributed by atoms with Crippen LogP contribution < -0.4 is 0 Å². The van der Waals surface area contributed by atoms with Gasteiger partial charge in [0.2, 0.25) is 0 Å². The normalized spacial score (nSPS) is 12.4. The maximum atomic E-state index is 3.86. The topological polar surface area (TPSA) is 0 Å². The lowest BCUT2D eigenvalue weighted by molar-refractivity contribution is 0.621. The van der Waals surface area contributed by atoms with Crippen LogP contribution in [0.5, 0.6) is 0 Å². The molecule has 0 bridgehead atoms. The second kappa shape index (κ2) is 15.2. The van der Waals surface area contributed by atoms with Crippen LogP contribution in [-0.2, 0) is 0 Å². The monoisotopic (exact) mass is 233 g/mol. The third-order valence-corrected chi connectivity index (χ3v) is 2.68. The van der Waals surface area contributed by atoms with E-state index < -0.39 is 0 Å². The van der Waals surface area contributed by atoms with Crippen LogP contribution in [0.15, 0.2) is 36.5 Å². The van der Waals surface area contributed by atoms with E-state index in [4.69, 9.17) is 0 Å². The van der Waals surface area contributed by atoms with E-state index in [0.717, 1.165) is 6.42 Å². The quantitative estimate of drug-likeness (QED) is 0.302. The molecule has 0 amide bonds. The number of allylic oxidation sites excluding steroid dienone is 6. The largest absolute Gasteiger partial charge is 0.0845 e. The maximum Gasteiger partial charge on any atom is -0.0348 e. The Balaban J connectivity index is 3.24. The van der Waals surface area contributed by atoms with Crippen LogP contribution in [0.25, 0.3) is 0 Å². The minimum Gasteiger partial charge on any atom is -0.0845 e. The van der Waals surface area contributed by atoms with Gasteiger partial charge in [-0.2, -0.15) is 0 Å². The highest BCUT2D eigenvalue weighted by Crippen LogP contribution is 2.06. The van der Waals surface area contributed by atoms with E-state index in [1.54, 1.807) is 0 Å². The van der Waals surface area contributed by atoms with Gasteiger partial charge in [-0.05, 0) is 19.3 Å². The summed E-state index contributed by atoms with van der Waals surface area (Å²) >= 11 is 0. The van der Waals surface area contributed by atoms with Crippen molar-refractivity contribution in [1.82, 2.24) is 0 Å². The Kier molecular flexibility index (Phi) is 14.5. The van der Waals surface area contributed by atoms with Crippen molar-refractivity contribution in [3.05, 3.63) is 43.4 Å². The number of hydrogen-bond acceptors (Lipinski definition) is 0. The lowest BCUT2D eigenvalue weighted by atomic mass is 10.1. The van der Waals surface area contributed by atoms with Crippen molar-refractivity contribution in [2.24, 2.45) is 0 Å². The van der Waals surface area contributed by atoms with E-state index >= 15 is 0 Å². The summed E-state index contributed by atoms with van der Waals surface area (Å²) in [5.74, 6) is 0. The standard InChI is InChI=1S/C17H29/c1-3-5-7-9-11-13-15-17-16-14-12-10-8-6-4-2/h8,10,12,14,16-17H,1,3-7,9,11,13,15H2,2H3. The van der Waals surface area contributed by atoms with Crippen molar-refractivity contribution in [2.45, 2.75) is 64.7 Å². The molecule has 0 fully saturated rings. The van der Waals surface area contributed by atoms with E-state index in [9.17, 15) is 0 Å². The summed E-state index contributed by atoms with van der Waals surface area (Å²) in [6.45, 7) is 6.06. The summed E-state index contributed by atoms with van der Waals surface area (Å²) in [6.07, 6.45) is 24.4. The third kappa shape index (κ3) is 15.2. The van der Waals surface area contributed by atoms with Gasteiger partial charge in [0.05, 0.1) is 0 Å². The molecule has 0 aromatic carbocycles. The van der Waals surface area contributed by atoms with E-state index in [-0.39, 0.29) is 0 Å². The van der Waals surface area contributed by atoms with E-state index in [2.05, 4.69) is 50.3 Å². The average Bonchev–Trinajstić information content (AvgIpc) is 2.35. The summed E-state index contributed by atoms with van der Waals surface area (Å²) in [4.78, 5) is 0. The SMILES string of the molecule is [CH2]CCCCCCCC=CC=CC=CCCC. The van der Waals surface area contributed by atoms with Gasteiger partial charge in [-0.1, -0.05) is 88.8 Å². The minimum atomic E-state index is 1.09. The average molecular weight is 233 g/mol. The molecule has 0 nitrogen and oxygen atoms in total. The summed E-state index contributed by atoms with van der Waals surface area (Å²) in [7, 11) is 0. The van der Waals surface area contributed by atoms with E-state index in [1.165, 1.54) is 51.4 Å². The van der Waals surface area contributed by atoms with Gasteiger partial charge in [-0.25, -0.2) is 0 Å². The molecule has 0 unspecified atom stereocenters. The first-order chi connectivity index (χ1) is 8.41. The highest BCUT2D eigenvalue weighted by Gasteiger charge is 1.87. The van der Waals surface area contributed by atoms with Gasteiger partial charge in [0.25, 0.3) is 0 Å². The highest BCUT2D eigenvalue weighted by atomic mass is 13.9. The lowest BCUT2D eigenvalue weighted by Crippen LogP contribution is -1.77. The van der Waals surface area contributed by atoms with E-state index in [0.29, 0.717) is 0 Å². The molecule has 97 valence electrons. The summed E-state index contributed by atoms with van der Waals surface area (Å²) in [5.41, 5.74) is 0. The molecule has 0 aliphatic carbocycles. The predicted octanol–water partition coefficient (Wildman–Crippen LogP) is 6.02. The molecule has 0 aromatic heterocycles. The van der Waals surface area contributed by atoms with Crippen LogP contribution in [0.4, 0.5) is 0 Å². The van der Waals surface area contributed by atoms with Crippen molar-refractivity contribution in [3.63, 3.8) is 0 Å². The Hall–Kier alpha value is -0.780. The van der Waals surface area contributed by atoms with Crippen LogP contribution in [0.1, 0.15) is 64.7 Å². The Morgan fingerprint density at radius 1 is 0.706 bits per heavy atom. The molecule has 0 heterocycles. The smallest absolute Gasteiger partial charge is 0.0348 e. The number of rotatable bonds is 11. The van der Waals surface area contributed by atoms with Crippen molar-refractivity contribution in [1.29, 1.82) is 0 Å². The van der Waals surface area contributed by atoms with Gasteiger partial charge in [-0.15, -0.1) is 0 Å². The van der Waals surface area contributed by atoms with Crippen molar-refractivity contribution >= 4 is 0 Å². The highest BCUT2D eigenvalue weighted by molar-refractivity contribution is 5.10. The number of hydrogen-bond donors (Lipinski definition) is 0. The molecule has 0 N–H and O–H groups in total. The molecule has 0 spiro atoms. The molecule has 0 aromatic rings.